The maximum atomic E-state index is 3.44. The SMILES string of the molecule is CC1CCCN1CCC1CCNCC1. The van der Waals surface area contributed by atoms with E-state index in [9.17, 15) is 0 Å². The van der Waals surface area contributed by atoms with E-state index in [1.807, 2.05) is 0 Å². The minimum atomic E-state index is 0.858. The van der Waals surface area contributed by atoms with Gasteiger partial charge in [-0.15, -0.1) is 0 Å². The van der Waals surface area contributed by atoms with Crippen LogP contribution in [0.5, 0.6) is 0 Å². The van der Waals surface area contributed by atoms with E-state index in [1.54, 1.807) is 0 Å². The molecule has 0 aromatic rings. The molecule has 0 spiro atoms. The van der Waals surface area contributed by atoms with Gasteiger partial charge in [0.15, 0.2) is 0 Å². The maximum Gasteiger partial charge on any atom is 0.00674 e. The number of nitrogens with zero attached hydrogens (tertiary/aromatic N) is 1. The molecule has 2 aliphatic heterocycles. The number of piperidine rings is 1. The summed E-state index contributed by atoms with van der Waals surface area (Å²) in [5.41, 5.74) is 0. The fourth-order valence-electron chi connectivity index (χ4n) is 2.84. The van der Waals surface area contributed by atoms with E-state index in [-0.39, 0.29) is 0 Å². The Morgan fingerprint density at radius 2 is 2.00 bits per heavy atom. The lowest BCUT2D eigenvalue weighted by Gasteiger charge is -2.27. The standard InChI is InChI=1S/C12H24N2/c1-11-3-2-9-14(11)10-6-12-4-7-13-8-5-12/h11-13H,2-10H2,1H3. The molecule has 14 heavy (non-hydrogen) atoms. The lowest BCUT2D eigenvalue weighted by atomic mass is 9.94. The van der Waals surface area contributed by atoms with Crippen LogP contribution >= 0.6 is 0 Å². The van der Waals surface area contributed by atoms with Crippen molar-refractivity contribution in [3.05, 3.63) is 0 Å². The molecule has 2 rings (SSSR count). The van der Waals surface area contributed by atoms with E-state index in [2.05, 4.69) is 17.1 Å². The zero-order chi connectivity index (χ0) is 9.80. The molecule has 0 bridgehead atoms. The summed E-state index contributed by atoms with van der Waals surface area (Å²) >= 11 is 0. The fourth-order valence-corrected chi connectivity index (χ4v) is 2.84. The van der Waals surface area contributed by atoms with Crippen molar-refractivity contribution in [2.45, 2.75) is 45.1 Å². The van der Waals surface area contributed by atoms with Crippen LogP contribution in [0.25, 0.3) is 0 Å². The van der Waals surface area contributed by atoms with E-state index < -0.39 is 0 Å². The summed E-state index contributed by atoms with van der Waals surface area (Å²) in [4.78, 5) is 2.68. The highest BCUT2D eigenvalue weighted by Gasteiger charge is 2.21. The van der Waals surface area contributed by atoms with Crippen LogP contribution in [0.2, 0.25) is 0 Å². The lowest BCUT2D eigenvalue weighted by molar-refractivity contribution is 0.231. The minimum Gasteiger partial charge on any atom is -0.317 e. The number of hydrogen-bond donors (Lipinski definition) is 1. The van der Waals surface area contributed by atoms with Crippen LogP contribution in [0.15, 0.2) is 0 Å². The predicted octanol–water partition coefficient (Wildman–Crippen LogP) is 1.86. The van der Waals surface area contributed by atoms with E-state index in [1.165, 1.54) is 58.3 Å². The number of rotatable bonds is 3. The Hall–Kier alpha value is -0.0800. The highest BCUT2D eigenvalue weighted by molar-refractivity contribution is 4.77. The molecule has 0 aromatic carbocycles. The first kappa shape index (κ1) is 10.4. The first-order valence-electron chi connectivity index (χ1n) is 6.31. The Morgan fingerprint density at radius 1 is 1.21 bits per heavy atom. The van der Waals surface area contributed by atoms with Gasteiger partial charge in [-0.05, 0) is 71.1 Å². The molecule has 2 aliphatic rings. The Morgan fingerprint density at radius 3 is 2.64 bits per heavy atom. The third-order valence-corrected chi connectivity index (χ3v) is 3.97. The Bertz CT molecular complexity index is 164. The summed E-state index contributed by atoms with van der Waals surface area (Å²) in [6, 6.07) is 0.858. The average Bonchev–Trinajstić information content (AvgIpc) is 2.63. The van der Waals surface area contributed by atoms with Crippen molar-refractivity contribution >= 4 is 0 Å². The molecular formula is C12H24N2. The van der Waals surface area contributed by atoms with Gasteiger partial charge in [0.1, 0.15) is 0 Å². The number of likely N-dealkylation sites (tertiary alicyclic amines) is 1. The van der Waals surface area contributed by atoms with Crippen molar-refractivity contribution in [2.24, 2.45) is 5.92 Å². The average molecular weight is 196 g/mol. The predicted molar refractivity (Wildman–Crippen MR) is 60.5 cm³/mol. The van der Waals surface area contributed by atoms with Crippen molar-refractivity contribution in [1.29, 1.82) is 0 Å². The Kier molecular flexibility index (Phi) is 3.82. The molecule has 2 heterocycles. The van der Waals surface area contributed by atoms with Gasteiger partial charge in [-0.2, -0.15) is 0 Å². The highest BCUT2D eigenvalue weighted by atomic mass is 15.2. The molecule has 2 heteroatoms. The maximum absolute atomic E-state index is 3.44. The molecule has 82 valence electrons. The first-order chi connectivity index (χ1) is 6.86. The first-order valence-corrected chi connectivity index (χ1v) is 6.31. The van der Waals surface area contributed by atoms with Crippen LogP contribution in [-0.4, -0.2) is 37.1 Å². The zero-order valence-corrected chi connectivity index (χ0v) is 9.47. The molecule has 2 nitrogen and oxygen atoms in total. The van der Waals surface area contributed by atoms with Gasteiger partial charge in [0.2, 0.25) is 0 Å². The lowest BCUT2D eigenvalue weighted by Crippen LogP contribution is -2.32. The van der Waals surface area contributed by atoms with E-state index in [0.29, 0.717) is 0 Å². The number of nitrogens with one attached hydrogen (secondary N) is 1. The van der Waals surface area contributed by atoms with Crippen LogP contribution in [0.4, 0.5) is 0 Å². The number of hydrogen-bond acceptors (Lipinski definition) is 2. The highest BCUT2D eigenvalue weighted by Crippen LogP contribution is 2.21. The van der Waals surface area contributed by atoms with Gasteiger partial charge in [-0.1, -0.05) is 0 Å². The molecule has 0 aromatic heterocycles. The summed E-state index contributed by atoms with van der Waals surface area (Å²) in [7, 11) is 0. The van der Waals surface area contributed by atoms with Gasteiger partial charge < -0.3 is 10.2 Å². The van der Waals surface area contributed by atoms with Gasteiger partial charge in [-0.25, -0.2) is 0 Å². The molecule has 1 atom stereocenters. The van der Waals surface area contributed by atoms with Gasteiger partial charge in [0, 0.05) is 6.04 Å². The second kappa shape index (κ2) is 5.13. The summed E-state index contributed by atoms with van der Waals surface area (Å²) in [6.45, 7) is 7.59. The minimum absolute atomic E-state index is 0.858. The third kappa shape index (κ3) is 2.71. The molecule has 0 saturated carbocycles. The second-order valence-corrected chi connectivity index (χ2v) is 5.01. The summed E-state index contributed by atoms with van der Waals surface area (Å²) in [6.07, 6.45) is 7.09. The Labute approximate surface area is 88.1 Å². The molecule has 0 radical (unpaired) electrons. The van der Waals surface area contributed by atoms with Crippen molar-refractivity contribution in [1.82, 2.24) is 10.2 Å². The zero-order valence-electron chi connectivity index (χ0n) is 9.47. The molecule has 1 unspecified atom stereocenters. The summed E-state index contributed by atoms with van der Waals surface area (Å²) in [5.74, 6) is 1.00. The van der Waals surface area contributed by atoms with Crippen molar-refractivity contribution in [3.63, 3.8) is 0 Å². The van der Waals surface area contributed by atoms with Crippen LogP contribution in [0, 0.1) is 5.92 Å². The summed E-state index contributed by atoms with van der Waals surface area (Å²) in [5, 5.41) is 3.44. The molecule has 0 amide bonds. The van der Waals surface area contributed by atoms with Crippen LogP contribution in [0.1, 0.15) is 39.0 Å². The monoisotopic (exact) mass is 196 g/mol. The molecule has 1 N–H and O–H groups in total. The molecule has 2 saturated heterocycles. The van der Waals surface area contributed by atoms with Crippen molar-refractivity contribution < 1.29 is 0 Å². The van der Waals surface area contributed by atoms with Crippen LogP contribution in [-0.2, 0) is 0 Å². The normalized spacial score (nSPS) is 31.1. The smallest absolute Gasteiger partial charge is 0.00674 e. The van der Waals surface area contributed by atoms with Crippen LogP contribution in [0.3, 0.4) is 0 Å². The van der Waals surface area contributed by atoms with Gasteiger partial charge >= 0.3 is 0 Å². The second-order valence-electron chi connectivity index (χ2n) is 5.01. The van der Waals surface area contributed by atoms with E-state index >= 15 is 0 Å². The van der Waals surface area contributed by atoms with E-state index in [4.69, 9.17) is 0 Å². The molecule has 2 fully saturated rings. The van der Waals surface area contributed by atoms with Crippen molar-refractivity contribution in [3.8, 4) is 0 Å². The quantitative estimate of drug-likeness (QED) is 0.741. The molecular weight excluding hydrogens is 172 g/mol. The topological polar surface area (TPSA) is 15.3 Å². The third-order valence-electron chi connectivity index (χ3n) is 3.97. The van der Waals surface area contributed by atoms with Crippen LogP contribution < -0.4 is 5.32 Å². The molecule has 0 aliphatic carbocycles. The van der Waals surface area contributed by atoms with E-state index in [0.717, 1.165) is 12.0 Å². The van der Waals surface area contributed by atoms with Gasteiger partial charge in [-0.3, -0.25) is 0 Å². The fraction of sp³-hybridized carbons (Fsp3) is 1.00. The largest absolute Gasteiger partial charge is 0.317 e. The van der Waals surface area contributed by atoms with Gasteiger partial charge in [0.25, 0.3) is 0 Å². The Balaban J connectivity index is 1.65. The van der Waals surface area contributed by atoms with Crippen molar-refractivity contribution in [2.75, 3.05) is 26.2 Å². The summed E-state index contributed by atoms with van der Waals surface area (Å²) < 4.78 is 0. The van der Waals surface area contributed by atoms with Gasteiger partial charge in [0.05, 0.1) is 0 Å².